The van der Waals surface area contributed by atoms with E-state index in [1.807, 2.05) is 32.1 Å². The van der Waals surface area contributed by atoms with E-state index in [-0.39, 0.29) is 5.97 Å². The van der Waals surface area contributed by atoms with E-state index in [1.54, 1.807) is 14.0 Å². The van der Waals surface area contributed by atoms with Gasteiger partial charge in [0, 0.05) is 6.08 Å². The van der Waals surface area contributed by atoms with E-state index in [1.165, 1.54) is 28.3 Å². The summed E-state index contributed by atoms with van der Waals surface area (Å²) in [5, 5.41) is 0. The zero-order chi connectivity index (χ0) is 19.7. The lowest BCUT2D eigenvalue weighted by molar-refractivity contribution is -0.137. The maximum Gasteiger partial charge on any atom is 0.330 e. The number of carbonyl (C=O) groups excluding carboxylic acids is 1. The first kappa shape index (κ1) is 21.5. The molecule has 0 heterocycles. The molecule has 0 radical (unpaired) electrons. The van der Waals surface area contributed by atoms with Crippen molar-refractivity contribution in [3.63, 3.8) is 0 Å². The molecular weight excluding hydrogens is 324 g/mol. The van der Waals surface area contributed by atoms with Crippen molar-refractivity contribution in [2.75, 3.05) is 13.7 Å². The number of aryl methyl sites for hydroxylation is 1. The van der Waals surface area contributed by atoms with Crippen LogP contribution < -0.4 is 4.74 Å². The molecule has 0 aromatic heterocycles. The third-order valence-corrected chi connectivity index (χ3v) is 4.19. The zero-order valence-electron chi connectivity index (χ0n) is 17.0. The Morgan fingerprint density at radius 3 is 2.38 bits per heavy atom. The van der Waals surface area contributed by atoms with Crippen LogP contribution in [0.5, 0.6) is 5.75 Å². The van der Waals surface area contributed by atoms with Gasteiger partial charge in [0.1, 0.15) is 5.75 Å². The van der Waals surface area contributed by atoms with Crippen LogP contribution in [0.3, 0.4) is 0 Å². The number of rotatable bonds is 7. The second-order valence-electron chi connectivity index (χ2n) is 6.30. The minimum absolute atomic E-state index is 0.309. The van der Waals surface area contributed by atoms with Gasteiger partial charge in [-0.3, -0.25) is 0 Å². The second-order valence-corrected chi connectivity index (χ2v) is 6.30. The Bertz CT molecular complexity index is 762. The fraction of sp³-hybridized carbons (Fsp3) is 0.348. The van der Waals surface area contributed by atoms with Gasteiger partial charge in [0.05, 0.1) is 13.7 Å². The molecule has 0 bridgehead atoms. The van der Waals surface area contributed by atoms with Crippen LogP contribution in [0.1, 0.15) is 43.0 Å². The second kappa shape index (κ2) is 10.4. The fourth-order valence-electron chi connectivity index (χ4n) is 2.57. The van der Waals surface area contributed by atoms with Crippen molar-refractivity contribution in [2.45, 2.75) is 41.5 Å². The SMILES string of the molecule is CCOC(=O)/C=C(C)/C=C\C=C(C)\C=C/c1c(C)cc(OC)c(C)c1C. The van der Waals surface area contributed by atoms with Crippen molar-refractivity contribution >= 4 is 12.0 Å². The van der Waals surface area contributed by atoms with Crippen LogP contribution in [0.25, 0.3) is 6.08 Å². The molecule has 0 atom stereocenters. The molecule has 0 amide bonds. The van der Waals surface area contributed by atoms with Gasteiger partial charge in [-0.15, -0.1) is 0 Å². The van der Waals surface area contributed by atoms with Crippen LogP contribution >= 0.6 is 0 Å². The van der Waals surface area contributed by atoms with Crippen LogP contribution in [0.2, 0.25) is 0 Å². The van der Waals surface area contributed by atoms with E-state index in [2.05, 4.69) is 39.0 Å². The molecule has 3 nitrogen and oxygen atoms in total. The van der Waals surface area contributed by atoms with E-state index in [9.17, 15) is 4.79 Å². The molecule has 3 heteroatoms. The van der Waals surface area contributed by atoms with Gasteiger partial charge in [-0.25, -0.2) is 4.79 Å². The van der Waals surface area contributed by atoms with Crippen molar-refractivity contribution in [2.24, 2.45) is 0 Å². The highest BCUT2D eigenvalue weighted by atomic mass is 16.5. The van der Waals surface area contributed by atoms with Gasteiger partial charge in [-0.05, 0) is 75.4 Å². The lowest BCUT2D eigenvalue weighted by Gasteiger charge is -2.13. The van der Waals surface area contributed by atoms with Crippen molar-refractivity contribution in [3.8, 4) is 5.75 Å². The van der Waals surface area contributed by atoms with E-state index in [0.717, 1.165) is 16.9 Å². The third kappa shape index (κ3) is 6.40. The highest BCUT2D eigenvalue weighted by Crippen LogP contribution is 2.28. The minimum atomic E-state index is -0.309. The Kier molecular flexibility index (Phi) is 8.63. The monoisotopic (exact) mass is 354 g/mol. The van der Waals surface area contributed by atoms with Gasteiger partial charge >= 0.3 is 5.97 Å². The molecule has 140 valence electrons. The highest BCUT2D eigenvalue weighted by Gasteiger charge is 2.08. The Hall–Kier alpha value is -2.55. The normalized spacial score (nSPS) is 12.9. The van der Waals surface area contributed by atoms with Crippen molar-refractivity contribution in [3.05, 3.63) is 69.8 Å². The summed E-state index contributed by atoms with van der Waals surface area (Å²) in [5.74, 6) is 0.618. The molecular formula is C23H30O3. The Labute approximate surface area is 157 Å². The van der Waals surface area contributed by atoms with Crippen LogP contribution in [-0.4, -0.2) is 19.7 Å². The van der Waals surface area contributed by atoms with Crippen LogP contribution in [0.4, 0.5) is 0 Å². The van der Waals surface area contributed by atoms with Gasteiger partial charge in [0.25, 0.3) is 0 Å². The van der Waals surface area contributed by atoms with E-state index in [4.69, 9.17) is 9.47 Å². The average molecular weight is 354 g/mol. The molecule has 1 rings (SSSR count). The number of methoxy groups -OCH3 is 1. The number of carbonyl (C=O) groups is 1. The summed E-state index contributed by atoms with van der Waals surface area (Å²) in [6.07, 6.45) is 11.6. The summed E-state index contributed by atoms with van der Waals surface area (Å²) < 4.78 is 10.3. The third-order valence-electron chi connectivity index (χ3n) is 4.19. The summed E-state index contributed by atoms with van der Waals surface area (Å²) in [6, 6.07) is 2.07. The largest absolute Gasteiger partial charge is 0.496 e. The summed E-state index contributed by atoms with van der Waals surface area (Å²) in [4.78, 5) is 11.4. The molecule has 0 unspecified atom stereocenters. The van der Waals surface area contributed by atoms with Crippen molar-refractivity contribution in [1.82, 2.24) is 0 Å². The summed E-state index contributed by atoms with van der Waals surface area (Å²) in [5.41, 5.74) is 6.79. The topological polar surface area (TPSA) is 35.5 Å². The zero-order valence-corrected chi connectivity index (χ0v) is 17.0. The number of allylic oxidation sites excluding steroid dienone is 6. The van der Waals surface area contributed by atoms with Crippen LogP contribution in [0, 0.1) is 20.8 Å². The molecule has 0 saturated carbocycles. The van der Waals surface area contributed by atoms with Crippen molar-refractivity contribution in [1.29, 1.82) is 0 Å². The Balaban J connectivity index is 2.89. The predicted octanol–water partition coefficient (Wildman–Crippen LogP) is 5.65. The van der Waals surface area contributed by atoms with Gasteiger partial charge in [-0.2, -0.15) is 0 Å². The molecule has 0 fully saturated rings. The van der Waals surface area contributed by atoms with Gasteiger partial charge in [0.2, 0.25) is 0 Å². The van der Waals surface area contributed by atoms with Gasteiger partial charge in [-0.1, -0.05) is 36.0 Å². The fourth-order valence-corrected chi connectivity index (χ4v) is 2.57. The van der Waals surface area contributed by atoms with Gasteiger partial charge < -0.3 is 9.47 Å². The number of esters is 1. The van der Waals surface area contributed by atoms with Crippen LogP contribution in [0.15, 0.2) is 47.6 Å². The molecule has 0 aliphatic heterocycles. The van der Waals surface area contributed by atoms with E-state index >= 15 is 0 Å². The number of ether oxygens (including phenoxy) is 2. The minimum Gasteiger partial charge on any atom is -0.496 e. The van der Waals surface area contributed by atoms with Crippen molar-refractivity contribution < 1.29 is 14.3 Å². The molecule has 0 spiro atoms. The van der Waals surface area contributed by atoms with E-state index in [0.29, 0.717) is 6.61 Å². The smallest absolute Gasteiger partial charge is 0.330 e. The predicted molar refractivity (Wildman–Crippen MR) is 110 cm³/mol. The summed E-state index contributed by atoms with van der Waals surface area (Å²) >= 11 is 0. The highest BCUT2D eigenvalue weighted by molar-refractivity contribution is 5.83. The number of benzene rings is 1. The average Bonchev–Trinajstić information content (AvgIpc) is 2.58. The number of hydrogen-bond acceptors (Lipinski definition) is 3. The maximum absolute atomic E-state index is 11.4. The van der Waals surface area contributed by atoms with E-state index < -0.39 is 0 Å². The van der Waals surface area contributed by atoms with Gasteiger partial charge in [0.15, 0.2) is 0 Å². The molecule has 0 saturated heterocycles. The molecule has 0 aliphatic carbocycles. The first-order valence-electron chi connectivity index (χ1n) is 8.83. The lowest BCUT2D eigenvalue weighted by Crippen LogP contribution is -1.99. The molecule has 1 aromatic carbocycles. The first-order chi connectivity index (χ1) is 12.3. The molecule has 0 N–H and O–H groups in total. The maximum atomic E-state index is 11.4. The van der Waals surface area contributed by atoms with Crippen LogP contribution in [-0.2, 0) is 9.53 Å². The Morgan fingerprint density at radius 2 is 1.77 bits per heavy atom. The molecule has 26 heavy (non-hydrogen) atoms. The quantitative estimate of drug-likeness (QED) is 0.361. The Morgan fingerprint density at radius 1 is 1.08 bits per heavy atom. The first-order valence-corrected chi connectivity index (χ1v) is 8.83. The number of hydrogen-bond donors (Lipinski definition) is 0. The molecule has 0 aliphatic rings. The summed E-state index contributed by atoms with van der Waals surface area (Å²) in [7, 11) is 1.70. The summed E-state index contributed by atoms with van der Waals surface area (Å²) in [6.45, 7) is 12.4. The molecule has 1 aromatic rings. The standard InChI is InChI=1S/C23H30O3/c1-8-26-23(24)14-17(3)11-9-10-16(2)12-13-21-18(4)15-22(25-7)20(6)19(21)5/h9-15H,8H2,1-7H3/b11-9-,13-12-,16-10+,17-14+. The lowest BCUT2D eigenvalue weighted by atomic mass is 9.96.